The molecule has 6 nitrogen and oxygen atoms in total. The second-order valence-electron chi connectivity index (χ2n) is 4.34. The zero-order chi connectivity index (χ0) is 13.4. The van der Waals surface area contributed by atoms with Gasteiger partial charge in [-0.15, -0.1) is 0 Å². The third-order valence-electron chi connectivity index (χ3n) is 2.96. The molecule has 2 N–H and O–H groups in total. The standard InChI is InChI=1S/C13H13N5O/c1-9(19)11-3-2-4-13-16-10(7-17(11)13)8-18-12(14)5-6-15-18/h2-7H,8,14H2,1H3. The third kappa shape index (κ3) is 1.97. The number of hydrogen-bond acceptors (Lipinski definition) is 4. The van der Waals surface area contributed by atoms with Crippen LogP contribution in [-0.4, -0.2) is 24.9 Å². The average molecular weight is 255 g/mol. The molecule has 0 atom stereocenters. The van der Waals surface area contributed by atoms with Gasteiger partial charge in [-0.25, -0.2) is 9.67 Å². The van der Waals surface area contributed by atoms with E-state index in [1.54, 1.807) is 34.3 Å². The lowest BCUT2D eigenvalue weighted by Crippen LogP contribution is -2.05. The summed E-state index contributed by atoms with van der Waals surface area (Å²) in [5.41, 5.74) is 7.94. The van der Waals surface area contributed by atoms with Gasteiger partial charge in [-0.05, 0) is 18.2 Å². The van der Waals surface area contributed by atoms with Crippen molar-refractivity contribution in [1.82, 2.24) is 19.2 Å². The van der Waals surface area contributed by atoms with Crippen LogP contribution in [0.5, 0.6) is 0 Å². The predicted molar refractivity (Wildman–Crippen MR) is 70.9 cm³/mol. The molecule has 96 valence electrons. The summed E-state index contributed by atoms with van der Waals surface area (Å²) in [6.45, 7) is 2.03. The van der Waals surface area contributed by atoms with E-state index >= 15 is 0 Å². The molecule has 0 aliphatic rings. The largest absolute Gasteiger partial charge is 0.384 e. The van der Waals surface area contributed by atoms with Gasteiger partial charge in [0.25, 0.3) is 0 Å². The van der Waals surface area contributed by atoms with Crippen molar-refractivity contribution >= 4 is 17.2 Å². The number of nitrogen functional groups attached to an aromatic ring is 1. The van der Waals surface area contributed by atoms with Gasteiger partial charge in [0.15, 0.2) is 5.78 Å². The number of Topliss-reactive ketones (excluding diaryl/α,β-unsaturated/α-hetero) is 1. The van der Waals surface area contributed by atoms with Crippen molar-refractivity contribution in [2.24, 2.45) is 0 Å². The summed E-state index contributed by atoms with van der Waals surface area (Å²) in [7, 11) is 0. The molecule has 0 radical (unpaired) electrons. The van der Waals surface area contributed by atoms with E-state index in [1.165, 1.54) is 0 Å². The number of ketones is 1. The predicted octanol–water partition coefficient (Wildman–Crippen LogP) is 1.36. The molecule has 3 aromatic heterocycles. The van der Waals surface area contributed by atoms with E-state index in [-0.39, 0.29) is 5.78 Å². The van der Waals surface area contributed by atoms with Crippen LogP contribution >= 0.6 is 0 Å². The fraction of sp³-hybridized carbons (Fsp3) is 0.154. The summed E-state index contributed by atoms with van der Waals surface area (Å²) in [5.74, 6) is 0.594. The Morgan fingerprint density at radius 1 is 1.37 bits per heavy atom. The minimum Gasteiger partial charge on any atom is -0.384 e. The number of nitrogens with zero attached hydrogens (tertiary/aromatic N) is 4. The number of nitrogens with two attached hydrogens (primary N) is 1. The highest BCUT2D eigenvalue weighted by Crippen LogP contribution is 2.12. The maximum Gasteiger partial charge on any atom is 0.176 e. The summed E-state index contributed by atoms with van der Waals surface area (Å²) in [6, 6.07) is 7.20. The smallest absolute Gasteiger partial charge is 0.176 e. The van der Waals surface area contributed by atoms with Gasteiger partial charge in [0.2, 0.25) is 0 Å². The molecule has 6 heteroatoms. The van der Waals surface area contributed by atoms with Crippen LogP contribution in [0.4, 0.5) is 5.82 Å². The van der Waals surface area contributed by atoms with Crippen molar-refractivity contribution in [1.29, 1.82) is 0 Å². The molecule has 0 bridgehead atoms. The van der Waals surface area contributed by atoms with Crippen molar-refractivity contribution in [3.05, 3.63) is 48.0 Å². The first-order valence-electron chi connectivity index (χ1n) is 5.90. The number of hydrogen-bond donors (Lipinski definition) is 1. The molecule has 0 aliphatic carbocycles. The van der Waals surface area contributed by atoms with Gasteiger partial charge in [-0.1, -0.05) is 6.07 Å². The maximum absolute atomic E-state index is 11.6. The van der Waals surface area contributed by atoms with Crippen LogP contribution in [0.3, 0.4) is 0 Å². The highest BCUT2D eigenvalue weighted by Gasteiger charge is 2.09. The summed E-state index contributed by atoms with van der Waals surface area (Å²) in [4.78, 5) is 16.0. The van der Waals surface area contributed by atoms with E-state index in [4.69, 9.17) is 5.73 Å². The summed E-state index contributed by atoms with van der Waals surface area (Å²) >= 11 is 0. The molecule has 0 aromatic carbocycles. The second kappa shape index (κ2) is 4.24. The molecule has 0 saturated heterocycles. The molecule has 3 rings (SSSR count). The molecule has 0 spiro atoms. The Hall–Kier alpha value is -2.63. The Labute approximate surface area is 109 Å². The molecule has 0 unspecified atom stereocenters. The van der Waals surface area contributed by atoms with Crippen LogP contribution in [0, 0.1) is 0 Å². The quantitative estimate of drug-likeness (QED) is 0.717. The van der Waals surface area contributed by atoms with E-state index in [0.717, 1.165) is 11.3 Å². The van der Waals surface area contributed by atoms with Gasteiger partial charge in [-0.2, -0.15) is 5.10 Å². The number of aromatic nitrogens is 4. The van der Waals surface area contributed by atoms with E-state index in [0.29, 0.717) is 18.1 Å². The number of carbonyl (C=O) groups excluding carboxylic acids is 1. The SMILES string of the molecule is CC(=O)c1cccc2nc(Cn3nccc3N)cn12. The van der Waals surface area contributed by atoms with Crippen molar-refractivity contribution < 1.29 is 4.79 Å². The number of anilines is 1. The second-order valence-corrected chi connectivity index (χ2v) is 4.34. The lowest BCUT2D eigenvalue weighted by atomic mass is 10.3. The van der Waals surface area contributed by atoms with Crippen LogP contribution in [0.1, 0.15) is 23.1 Å². The average Bonchev–Trinajstić information content (AvgIpc) is 2.95. The zero-order valence-electron chi connectivity index (χ0n) is 10.4. The number of pyridine rings is 1. The van der Waals surface area contributed by atoms with Crippen LogP contribution in [-0.2, 0) is 6.54 Å². The first-order valence-corrected chi connectivity index (χ1v) is 5.90. The van der Waals surface area contributed by atoms with Crippen molar-refractivity contribution in [3.8, 4) is 0 Å². The Bertz CT molecular complexity index is 755. The number of rotatable bonds is 3. The molecule has 3 heterocycles. The van der Waals surface area contributed by atoms with E-state index in [2.05, 4.69) is 10.1 Å². The van der Waals surface area contributed by atoms with Crippen LogP contribution < -0.4 is 5.73 Å². The highest BCUT2D eigenvalue weighted by molar-refractivity contribution is 5.93. The fourth-order valence-corrected chi connectivity index (χ4v) is 2.05. The van der Waals surface area contributed by atoms with Crippen LogP contribution in [0.25, 0.3) is 5.65 Å². The normalized spacial score (nSPS) is 11.0. The lowest BCUT2D eigenvalue weighted by molar-refractivity contribution is 0.101. The Morgan fingerprint density at radius 2 is 2.21 bits per heavy atom. The summed E-state index contributed by atoms with van der Waals surface area (Å²) < 4.78 is 3.45. The van der Waals surface area contributed by atoms with Crippen molar-refractivity contribution in [2.45, 2.75) is 13.5 Å². The van der Waals surface area contributed by atoms with Crippen LogP contribution in [0.2, 0.25) is 0 Å². The Kier molecular flexibility index (Phi) is 2.56. The summed E-state index contributed by atoms with van der Waals surface area (Å²) in [5, 5.41) is 4.11. The minimum absolute atomic E-state index is 0.00755. The fourth-order valence-electron chi connectivity index (χ4n) is 2.05. The molecule has 0 fully saturated rings. The first-order chi connectivity index (χ1) is 9.15. The lowest BCUT2D eigenvalue weighted by Gasteiger charge is -2.00. The maximum atomic E-state index is 11.6. The van der Waals surface area contributed by atoms with Gasteiger partial charge in [-0.3, -0.25) is 9.20 Å². The van der Waals surface area contributed by atoms with E-state index in [1.807, 2.05) is 18.3 Å². The molecule has 3 aromatic rings. The molecule has 0 aliphatic heterocycles. The number of carbonyl (C=O) groups is 1. The molecule has 0 amide bonds. The van der Waals surface area contributed by atoms with E-state index < -0.39 is 0 Å². The first kappa shape index (κ1) is 11.5. The van der Waals surface area contributed by atoms with Crippen LogP contribution in [0.15, 0.2) is 36.7 Å². The molecular formula is C13H13N5O. The van der Waals surface area contributed by atoms with Gasteiger partial charge in [0, 0.05) is 13.1 Å². The number of imidazole rings is 1. The van der Waals surface area contributed by atoms with Gasteiger partial charge < -0.3 is 5.73 Å². The highest BCUT2D eigenvalue weighted by atomic mass is 16.1. The van der Waals surface area contributed by atoms with Gasteiger partial charge >= 0.3 is 0 Å². The monoisotopic (exact) mass is 255 g/mol. The summed E-state index contributed by atoms with van der Waals surface area (Å²) in [6.07, 6.45) is 3.49. The molecule has 19 heavy (non-hydrogen) atoms. The molecular weight excluding hydrogens is 242 g/mol. The van der Waals surface area contributed by atoms with Crippen molar-refractivity contribution in [3.63, 3.8) is 0 Å². The van der Waals surface area contributed by atoms with E-state index in [9.17, 15) is 4.79 Å². The minimum atomic E-state index is 0.00755. The zero-order valence-corrected chi connectivity index (χ0v) is 10.4. The third-order valence-corrected chi connectivity index (χ3v) is 2.96. The molecule has 0 saturated carbocycles. The van der Waals surface area contributed by atoms with Gasteiger partial charge in [0.1, 0.15) is 11.5 Å². The Morgan fingerprint density at radius 3 is 2.89 bits per heavy atom. The topological polar surface area (TPSA) is 78.2 Å². The van der Waals surface area contributed by atoms with Gasteiger partial charge in [0.05, 0.1) is 24.1 Å². The Balaban J connectivity index is 2.05. The van der Waals surface area contributed by atoms with Crippen molar-refractivity contribution in [2.75, 3.05) is 5.73 Å². The number of fused-ring (bicyclic) bond motifs is 1.